The van der Waals surface area contributed by atoms with Crippen molar-refractivity contribution in [3.05, 3.63) is 51.6 Å². The molecule has 0 spiro atoms. The smallest absolute Gasteiger partial charge is 0.126 e. The van der Waals surface area contributed by atoms with E-state index >= 15 is 0 Å². The monoisotopic (exact) mass is 310 g/mol. The molecule has 0 radical (unpaired) electrons. The molecule has 1 atom stereocenters. The second-order valence-electron chi connectivity index (χ2n) is 5.12. The van der Waals surface area contributed by atoms with Crippen molar-refractivity contribution >= 4 is 11.6 Å². The van der Waals surface area contributed by atoms with Gasteiger partial charge in [0.2, 0.25) is 0 Å². The van der Waals surface area contributed by atoms with Crippen molar-refractivity contribution in [2.24, 2.45) is 12.9 Å². The summed E-state index contributed by atoms with van der Waals surface area (Å²) in [6, 6.07) is 4.84. The minimum atomic E-state index is -0.221. The average molecular weight is 311 g/mol. The predicted octanol–water partition coefficient (Wildman–Crippen LogP) is 2.83. The van der Waals surface area contributed by atoms with Crippen molar-refractivity contribution in [2.45, 2.75) is 32.7 Å². The fraction of sp³-hybridized carbons (Fsp3) is 0.400. The van der Waals surface area contributed by atoms with Crippen LogP contribution in [-0.2, 0) is 19.9 Å². The molecule has 0 fully saturated rings. The first kappa shape index (κ1) is 15.9. The van der Waals surface area contributed by atoms with Crippen molar-refractivity contribution < 1.29 is 4.39 Å². The summed E-state index contributed by atoms with van der Waals surface area (Å²) < 4.78 is 15.2. The van der Waals surface area contributed by atoms with Gasteiger partial charge in [0.25, 0.3) is 0 Å². The van der Waals surface area contributed by atoms with Gasteiger partial charge in [-0.15, -0.1) is 0 Å². The summed E-state index contributed by atoms with van der Waals surface area (Å²) >= 11 is 6.36. The molecule has 1 unspecified atom stereocenters. The number of nitrogens with two attached hydrogens (primary N) is 1. The molecule has 0 amide bonds. The van der Waals surface area contributed by atoms with Crippen LogP contribution in [0.1, 0.15) is 35.5 Å². The fourth-order valence-corrected chi connectivity index (χ4v) is 2.76. The van der Waals surface area contributed by atoms with Crippen LogP contribution >= 0.6 is 11.6 Å². The minimum absolute atomic E-state index is 0.151. The summed E-state index contributed by atoms with van der Waals surface area (Å²) in [4.78, 5) is 0. The molecular weight excluding hydrogens is 291 g/mol. The van der Waals surface area contributed by atoms with E-state index in [4.69, 9.17) is 17.4 Å². The van der Waals surface area contributed by atoms with Gasteiger partial charge in [-0.25, -0.2) is 4.39 Å². The van der Waals surface area contributed by atoms with Crippen molar-refractivity contribution in [2.75, 3.05) is 0 Å². The van der Waals surface area contributed by atoms with Gasteiger partial charge in [0, 0.05) is 13.5 Å². The number of aryl methyl sites for hydroxylation is 3. The van der Waals surface area contributed by atoms with Crippen LogP contribution in [-0.4, -0.2) is 9.78 Å². The second-order valence-corrected chi connectivity index (χ2v) is 5.49. The largest absolute Gasteiger partial charge is 0.271 e. The molecule has 3 N–H and O–H groups in total. The van der Waals surface area contributed by atoms with Crippen LogP contribution in [0.4, 0.5) is 4.39 Å². The SMILES string of the molecule is CCc1nn(C)c(CC(NN)c2ccc(F)c(C)c2)c1Cl. The molecule has 2 rings (SSSR count). The maximum absolute atomic E-state index is 13.4. The third-order valence-corrected chi connectivity index (χ3v) is 4.12. The van der Waals surface area contributed by atoms with Crippen LogP contribution < -0.4 is 11.3 Å². The van der Waals surface area contributed by atoms with E-state index < -0.39 is 0 Å². The Morgan fingerprint density at radius 2 is 2.19 bits per heavy atom. The molecular formula is C15H20ClFN4. The first-order chi connectivity index (χ1) is 9.97. The highest BCUT2D eigenvalue weighted by Gasteiger charge is 2.19. The standard InChI is InChI=1S/C15H20ClFN4/c1-4-12-15(16)14(21(3)20-12)8-13(19-18)10-5-6-11(17)9(2)7-10/h5-7,13,19H,4,8,18H2,1-3H3. The highest BCUT2D eigenvalue weighted by atomic mass is 35.5. The third kappa shape index (κ3) is 3.26. The molecule has 0 aliphatic carbocycles. The third-order valence-electron chi connectivity index (χ3n) is 3.69. The lowest BCUT2D eigenvalue weighted by Crippen LogP contribution is -2.30. The van der Waals surface area contributed by atoms with Gasteiger partial charge in [0.15, 0.2) is 0 Å². The Morgan fingerprint density at radius 3 is 2.71 bits per heavy atom. The lowest BCUT2D eigenvalue weighted by Gasteiger charge is -2.17. The summed E-state index contributed by atoms with van der Waals surface area (Å²) in [7, 11) is 1.86. The predicted molar refractivity (Wildman–Crippen MR) is 82.5 cm³/mol. The van der Waals surface area contributed by atoms with E-state index in [0.29, 0.717) is 17.0 Å². The number of halogens is 2. The normalized spacial score (nSPS) is 12.7. The Hall–Kier alpha value is -1.43. The molecule has 1 heterocycles. The molecule has 4 nitrogen and oxygen atoms in total. The van der Waals surface area contributed by atoms with Crippen LogP contribution in [0.3, 0.4) is 0 Å². The van der Waals surface area contributed by atoms with E-state index in [1.54, 1.807) is 23.7 Å². The first-order valence-electron chi connectivity index (χ1n) is 6.90. The Balaban J connectivity index is 2.31. The van der Waals surface area contributed by atoms with Gasteiger partial charge in [0.05, 0.1) is 22.5 Å². The second kappa shape index (κ2) is 6.56. The van der Waals surface area contributed by atoms with Crippen LogP contribution in [0.2, 0.25) is 5.02 Å². The fourth-order valence-electron chi connectivity index (χ4n) is 2.39. The summed E-state index contributed by atoms with van der Waals surface area (Å²) in [5.74, 6) is 5.44. The van der Waals surface area contributed by atoms with Gasteiger partial charge in [-0.2, -0.15) is 5.10 Å². The van der Waals surface area contributed by atoms with Crippen molar-refractivity contribution in [1.82, 2.24) is 15.2 Å². The molecule has 0 aliphatic rings. The topological polar surface area (TPSA) is 55.9 Å². The Labute approximate surface area is 129 Å². The molecule has 1 aromatic carbocycles. The zero-order valence-corrected chi connectivity index (χ0v) is 13.2. The number of nitrogens with zero attached hydrogens (tertiary/aromatic N) is 2. The summed E-state index contributed by atoms with van der Waals surface area (Å²) in [5.41, 5.74) is 6.08. The number of nitrogens with one attached hydrogen (secondary N) is 1. The minimum Gasteiger partial charge on any atom is -0.271 e. The molecule has 2 aromatic rings. The molecule has 6 heteroatoms. The van der Waals surface area contributed by atoms with E-state index in [1.165, 1.54) is 6.07 Å². The zero-order valence-electron chi connectivity index (χ0n) is 12.5. The van der Waals surface area contributed by atoms with Gasteiger partial charge in [-0.3, -0.25) is 16.0 Å². The van der Waals surface area contributed by atoms with Gasteiger partial charge in [-0.05, 0) is 30.5 Å². The van der Waals surface area contributed by atoms with Crippen LogP contribution in [0.25, 0.3) is 0 Å². The first-order valence-corrected chi connectivity index (χ1v) is 7.28. The molecule has 21 heavy (non-hydrogen) atoms. The molecule has 0 bridgehead atoms. The summed E-state index contributed by atoms with van der Waals surface area (Å²) in [6.07, 6.45) is 1.37. The lowest BCUT2D eigenvalue weighted by molar-refractivity contribution is 0.527. The molecule has 114 valence electrons. The van der Waals surface area contributed by atoms with E-state index in [1.807, 2.05) is 14.0 Å². The molecule has 0 aliphatic heterocycles. The van der Waals surface area contributed by atoms with Crippen molar-refractivity contribution in [3.8, 4) is 0 Å². The number of aromatic nitrogens is 2. The van der Waals surface area contributed by atoms with Gasteiger partial charge >= 0.3 is 0 Å². The molecule has 0 saturated heterocycles. The highest BCUT2D eigenvalue weighted by Crippen LogP contribution is 2.26. The van der Waals surface area contributed by atoms with Crippen LogP contribution in [0.5, 0.6) is 0 Å². The quantitative estimate of drug-likeness (QED) is 0.659. The Bertz CT molecular complexity index is 639. The molecule has 0 saturated carbocycles. The summed E-state index contributed by atoms with van der Waals surface area (Å²) in [5, 5.41) is 5.08. The van der Waals surface area contributed by atoms with E-state index in [-0.39, 0.29) is 11.9 Å². The lowest BCUT2D eigenvalue weighted by atomic mass is 10.00. The number of rotatable bonds is 5. The Kier molecular flexibility index (Phi) is 4.98. The summed E-state index contributed by atoms with van der Waals surface area (Å²) in [6.45, 7) is 3.75. The van der Waals surface area contributed by atoms with Crippen LogP contribution in [0, 0.1) is 12.7 Å². The zero-order chi connectivity index (χ0) is 15.6. The van der Waals surface area contributed by atoms with Gasteiger partial charge in [0.1, 0.15) is 5.82 Å². The van der Waals surface area contributed by atoms with Crippen molar-refractivity contribution in [1.29, 1.82) is 0 Å². The van der Waals surface area contributed by atoms with Gasteiger partial charge < -0.3 is 0 Å². The Morgan fingerprint density at radius 1 is 1.48 bits per heavy atom. The van der Waals surface area contributed by atoms with E-state index in [2.05, 4.69) is 10.5 Å². The van der Waals surface area contributed by atoms with E-state index in [9.17, 15) is 4.39 Å². The van der Waals surface area contributed by atoms with E-state index in [0.717, 1.165) is 23.4 Å². The molecule has 1 aromatic heterocycles. The average Bonchev–Trinajstić information content (AvgIpc) is 2.74. The number of benzene rings is 1. The number of hydrazine groups is 1. The van der Waals surface area contributed by atoms with Crippen molar-refractivity contribution in [3.63, 3.8) is 0 Å². The maximum atomic E-state index is 13.4. The number of hydrogen-bond donors (Lipinski definition) is 2. The highest BCUT2D eigenvalue weighted by molar-refractivity contribution is 6.31. The number of hydrogen-bond acceptors (Lipinski definition) is 3. The van der Waals surface area contributed by atoms with Crippen LogP contribution in [0.15, 0.2) is 18.2 Å². The maximum Gasteiger partial charge on any atom is 0.126 e. The van der Waals surface area contributed by atoms with Gasteiger partial charge in [-0.1, -0.05) is 30.7 Å².